The molecule has 2 aromatic carbocycles. The smallest absolute Gasteiger partial charge is 0.261 e. The molecule has 0 aromatic heterocycles. The number of nitrogens with one attached hydrogen (secondary N) is 1. The fourth-order valence-corrected chi connectivity index (χ4v) is 2.72. The summed E-state index contributed by atoms with van der Waals surface area (Å²) < 4.78 is 0. The van der Waals surface area contributed by atoms with Crippen molar-refractivity contribution >= 4 is 47.4 Å². The van der Waals surface area contributed by atoms with E-state index in [1.165, 1.54) is 10.5 Å². The topological polar surface area (TPSA) is 87.8 Å². The van der Waals surface area contributed by atoms with E-state index in [1.54, 1.807) is 24.3 Å². The highest BCUT2D eigenvalue weighted by molar-refractivity contribution is 14.0. The predicted molar refractivity (Wildman–Crippen MR) is 113 cm³/mol. The van der Waals surface area contributed by atoms with Crippen molar-refractivity contribution in [2.24, 2.45) is 10.7 Å². The second-order valence-corrected chi connectivity index (χ2v) is 5.75. The van der Waals surface area contributed by atoms with Gasteiger partial charge < -0.3 is 11.1 Å². The summed E-state index contributed by atoms with van der Waals surface area (Å²) in [7, 11) is 0. The van der Waals surface area contributed by atoms with Gasteiger partial charge in [0.25, 0.3) is 11.8 Å². The largest absolute Gasteiger partial charge is 0.370 e. The average Bonchev–Trinajstić information content (AvgIpc) is 2.87. The number of aryl methyl sites for hydroxylation is 1. The number of halogens is 1. The van der Waals surface area contributed by atoms with E-state index in [1.807, 2.05) is 24.3 Å². The lowest BCUT2D eigenvalue weighted by Gasteiger charge is -2.12. The Morgan fingerprint density at radius 2 is 1.62 bits per heavy atom. The van der Waals surface area contributed by atoms with Crippen molar-refractivity contribution in [2.45, 2.75) is 13.3 Å². The van der Waals surface area contributed by atoms with E-state index < -0.39 is 0 Å². The molecule has 7 heteroatoms. The summed E-state index contributed by atoms with van der Waals surface area (Å²) in [6.45, 7) is 2.54. The summed E-state index contributed by atoms with van der Waals surface area (Å²) in [5, 5.41) is 3.00. The van der Waals surface area contributed by atoms with Crippen molar-refractivity contribution in [1.29, 1.82) is 0 Å². The van der Waals surface area contributed by atoms with Gasteiger partial charge in [0.05, 0.1) is 17.7 Å². The molecule has 1 aliphatic rings. The van der Waals surface area contributed by atoms with Gasteiger partial charge in [-0.05, 0) is 36.2 Å². The minimum atomic E-state index is -0.280. The third-order valence-corrected chi connectivity index (χ3v) is 4.12. The monoisotopic (exact) mass is 464 g/mol. The Bertz CT molecular complexity index is 799. The zero-order chi connectivity index (χ0) is 17.8. The van der Waals surface area contributed by atoms with Gasteiger partial charge in [0.15, 0.2) is 5.96 Å². The van der Waals surface area contributed by atoms with E-state index in [0.29, 0.717) is 11.1 Å². The van der Waals surface area contributed by atoms with Gasteiger partial charge >= 0.3 is 0 Å². The summed E-state index contributed by atoms with van der Waals surface area (Å²) in [5.41, 5.74) is 8.84. The third kappa shape index (κ3) is 4.21. The van der Waals surface area contributed by atoms with Crippen LogP contribution in [0.25, 0.3) is 0 Å². The molecule has 0 radical (unpaired) electrons. The number of carbonyl (C=O) groups excluding carboxylic acids is 2. The first-order chi connectivity index (χ1) is 12.1. The van der Waals surface area contributed by atoms with Gasteiger partial charge in [0.2, 0.25) is 0 Å². The standard InChI is InChI=1S/C19H20N4O2.HI/c1-2-13-7-9-14(10-8-13)22-19(20)21-11-12-23-17(24)15-5-3-4-6-16(15)18(23)25;/h3-10H,2,11-12H2,1H3,(H3,20,21,22);1H. The predicted octanol–water partition coefficient (Wildman–Crippen LogP) is 2.89. The van der Waals surface area contributed by atoms with E-state index in [9.17, 15) is 9.59 Å². The first kappa shape index (κ1) is 19.9. The number of anilines is 1. The molecule has 0 atom stereocenters. The second kappa shape index (κ2) is 8.79. The van der Waals surface area contributed by atoms with Crippen LogP contribution in [0.15, 0.2) is 53.5 Å². The highest BCUT2D eigenvalue weighted by Crippen LogP contribution is 2.21. The summed E-state index contributed by atoms with van der Waals surface area (Å²) in [6.07, 6.45) is 0.976. The van der Waals surface area contributed by atoms with Gasteiger partial charge in [-0.3, -0.25) is 19.5 Å². The van der Waals surface area contributed by atoms with Crippen LogP contribution in [0.4, 0.5) is 5.69 Å². The minimum absolute atomic E-state index is 0. The molecule has 0 spiro atoms. The number of benzene rings is 2. The highest BCUT2D eigenvalue weighted by atomic mass is 127. The summed E-state index contributed by atoms with van der Waals surface area (Å²) >= 11 is 0. The summed E-state index contributed by atoms with van der Waals surface area (Å²) in [5.74, 6) is -0.309. The van der Waals surface area contributed by atoms with Crippen LogP contribution in [0, 0.1) is 0 Å². The lowest BCUT2D eigenvalue weighted by molar-refractivity contribution is 0.0659. The third-order valence-electron chi connectivity index (χ3n) is 4.12. The van der Waals surface area contributed by atoms with Gasteiger partial charge in [-0.15, -0.1) is 24.0 Å². The maximum absolute atomic E-state index is 12.2. The molecule has 1 aliphatic heterocycles. The fraction of sp³-hybridized carbons (Fsp3) is 0.211. The molecule has 2 aromatic rings. The maximum atomic E-state index is 12.2. The zero-order valence-corrected chi connectivity index (χ0v) is 16.8. The number of nitrogens with two attached hydrogens (primary N) is 1. The van der Waals surface area contributed by atoms with E-state index in [2.05, 4.69) is 17.2 Å². The Morgan fingerprint density at radius 1 is 1.04 bits per heavy atom. The fourth-order valence-electron chi connectivity index (χ4n) is 2.72. The molecule has 0 aliphatic carbocycles. The van der Waals surface area contributed by atoms with E-state index in [-0.39, 0.29) is 54.8 Å². The Hall–Kier alpha value is -2.42. The lowest BCUT2D eigenvalue weighted by atomic mass is 10.1. The van der Waals surface area contributed by atoms with Gasteiger partial charge in [0.1, 0.15) is 0 Å². The lowest BCUT2D eigenvalue weighted by Crippen LogP contribution is -2.33. The maximum Gasteiger partial charge on any atom is 0.261 e. The molecule has 0 bridgehead atoms. The number of hydrogen-bond acceptors (Lipinski definition) is 3. The second-order valence-electron chi connectivity index (χ2n) is 5.75. The van der Waals surface area contributed by atoms with Crippen molar-refractivity contribution in [1.82, 2.24) is 4.90 Å². The zero-order valence-electron chi connectivity index (χ0n) is 14.4. The van der Waals surface area contributed by atoms with Crippen LogP contribution >= 0.6 is 24.0 Å². The molecule has 3 rings (SSSR count). The molecular formula is C19H21IN4O2. The van der Waals surface area contributed by atoms with E-state index in [0.717, 1.165) is 12.1 Å². The van der Waals surface area contributed by atoms with Crippen LogP contribution in [-0.2, 0) is 6.42 Å². The molecular weight excluding hydrogens is 443 g/mol. The minimum Gasteiger partial charge on any atom is -0.370 e. The van der Waals surface area contributed by atoms with Gasteiger partial charge in [-0.2, -0.15) is 0 Å². The highest BCUT2D eigenvalue weighted by Gasteiger charge is 2.34. The van der Waals surface area contributed by atoms with Crippen molar-refractivity contribution < 1.29 is 9.59 Å². The van der Waals surface area contributed by atoms with Crippen molar-refractivity contribution in [2.75, 3.05) is 18.4 Å². The van der Waals surface area contributed by atoms with Crippen LogP contribution in [0.3, 0.4) is 0 Å². The van der Waals surface area contributed by atoms with Gasteiger partial charge in [0, 0.05) is 12.2 Å². The molecule has 2 amide bonds. The Kier molecular flexibility index (Phi) is 6.73. The number of aliphatic imine (C=N–C) groups is 1. The number of imide groups is 1. The number of rotatable bonds is 5. The van der Waals surface area contributed by atoms with E-state index >= 15 is 0 Å². The number of fused-ring (bicyclic) bond motifs is 1. The molecule has 0 unspecified atom stereocenters. The molecule has 0 fully saturated rings. The summed E-state index contributed by atoms with van der Waals surface area (Å²) in [6, 6.07) is 14.7. The molecule has 0 saturated heterocycles. The summed E-state index contributed by atoms with van der Waals surface area (Å²) in [4.78, 5) is 29.9. The number of nitrogens with zero attached hydrogens (tertiary/aromatic N) is 2. The van der Waals surface area contributed by atoms with Crippen molar-refractivity contribution in [3.8, 4) is 0 Å². The first-order valence-electron chi connectivity index (χ1n) is 8.21. The Labute approximate surface area is 169 Å². The molecule has 0 saturated carbocycles. The van der Waals surface area contributed by atoms with Gasteiger partial charge in [-0.25, -0.2) is 0 Å². The van der Waals surface area contributed by atoms with Crippen LogP contribution < -0.4 is 11.1 Å². The molecule has 1 heterocycles. The number of hydrogen-bond donors (Lipinski definition) is 2. The SMILES string of the molecule is CCc1ccc(NC(N)=NCCN2C(=O)c3ccccc3C2=O)cc1.I. The Morgan fingerprint density at radius 3 is 2.15 bits per heavy atom. The molecule has 26 heavy (non-hydrogen) atoms. The number of amides is 2. The molecule has 136 valence electrons. The normalized spacial score (nSPS) is 13.4. The van der Waals surface area contributed by atoms with Crippen LogP contribution in [0.1, 0.15) is 33.2 Å². The molecule has 6 nitrogen and oxygen atoms in total. The Balaban J connectivity index is 0.00000243. The number of carbonyl (C=O) groups is 2. The number of guanidine groups is 1. The van der Waals surface area contributed by atoms with E-state index in [4.69, 9.17) is 5.73 Å². The van der Waals surface area contributed by atoms with Crippen LogP contribution in [0.5, 0.6) is 0 Å². The first-order valence-corrected chi connectivity index (χ1v) is 8.21. The van der Waals surface area contributed by atoms with Crippen LogP contribution in [-0.4, -0.2) is 35.8 Å². The van der Waals surface area contributed by atoms with Gasteiger partial charge in [-0.1, -0.05) is 31.2 Å². The molecule has 3 N–H and O–H groups in total. The average molecular weight is 464 g/mol. The quantitative estimate of drug-likeness (QED) is 0.308. The van der Waals surface area contributed by atoms with Crippen molar-refractivity contribution in [3.05, 3.63) is 65.2 Å². The van der Waals surface area contributed by atoms with Crippen LogP contribution in [0.2, 0.25) is 0 Å². The van der Waals surface area contributed by atoms with Crippen molar-refractivity contribution in [3.63, 3.8) is 0 Å².